The second-order valence-corrected chi connectivity index (χ2v) is 3.45. The van der Waals surface area contributed by atoms with Crippen LogP contribution in [0.1, 0.15) is 31.4 Å². The molecule has 0 fully saturated rings. The number of aliphatic hydroxyl groups is 1. The highest BCUT2D eigenvalue weighted by Crippen LogP contribution is 2.18. The third-order valence-corrected chi connectivity index (χ3v) is 2.05. The standard InChI is InChI=1S/C7H6.C4H6O5.C2H6/c1-2-6-4-7(3-1)5-6;5-2(4(8)9)1-3(6)7;1-2/h1-4H,5H2;2,5H,1H2,(H,6,7)(H,8,9);1-2H3. The molecule has 1 atom stereocenters. The molecule has 0 aromatic heterocycles. The van der Waals surface area contributed by atoms with E-state index in [0.29, 0.717) is 0 Å². The second-order valence-electron chi connectivity index (χ2n) is 3.45. The topological polar surface area (TPSA) is 94.8 Å². The fourth-order valence-corrected chi connectivity index (χ4v) is 1.21. The van der Waals surface area contributed by atoms with Gasteiger partial charge in [-0.1, -0.05) is 38.1 Å². The SMILES string of the molecule is CC.O=C(O)CC(O)C(=O)O.c1cc2cc(c1)C2. The molecule has 3 rings (SSSR count). The molecular formula is C13H18O5. The van der Waals surface area contributed by atoms with Gasteiger partial charge in [0.1, 0.15) is 0 Å². The molecule has 2 bridgehead atoms. The molecule has 0 aliphatic heterocycles. The van der Waals surface area contributed by atoms with Crippen LogP contribution in [0.4, 0.5) is 0 Å². The molecule has 2 aliphatic rings. The van der Waals surface area contributed by atoms with E-state index < -0.39 is 24.5 Å². The number of carboxylic acids is 2. The van der Waals surface area contributed by atoms with Crippen LogP contribution in [-0.4, -0.2) is 33.4 Å². The molecule has 3 N–H and O–H groups in total. The molecule has 100 valence electrons. The van der Waals surface area contributed by atoms with Crippen LogP contribution in [0.15, 0.2) is 24.3 Å². The van der Waals surface area contributed by atoms with Gasteiger partial charge in [-0.25, -0.2) is 4.79 Å². The first-order valence-electron chi connectivity index (χ1n) is 5.69. The normalized spacial score (nSPS) is 11.7. The van der Waals surface area contributed by atoms with Crippen molar-refractivity contribution in [1.82, 2.24) is 0 Å². The van der Waals surface area contributed by atoms with Crippen LogP contribution in [0.3, 0.4) is 0 Å². The lowest BCUT2D eigenvalue weighted by Crippen LogP contribution is -2.22. The summed E-state index contributed by atoms with van der Waals surface area (Å²) in [6, 6.07) is 8.65. The monoisotopic (exact) mass is 254 g/mol. The van der Waals surface area contributed by atoms with Crippen molar-refractivity contribution < 1.29 is 24.9 Å². The van der Waals surface area contributed by atoms with Crippen molar-refractivity contribution in [2.75, 3.05) is 0 Å². The van der Waals surface area contributed by atoms with Crippen LogP contribution < -0.4 is 0 Å². The summed E-state index contributed by atoms with van der Waals surface area (Å²) in [5.74, 6) is -2.85. The van der Waals surface area contributed by atoms with Gasteiger partial charge in [0.15, 0.2) is 6.10 Å². The molecule has 18 heavy (non-hydrogen) atoms. The number of hydrogen-bond acceptors (Lipinski definition) is 3. The molecule has 1 unspecified atom stereocenters. The molecule has 0 amide bonds. The van der Waals surface area contributed by atoms with E-state index in [0.717, 1.165) is 0 Å². The highest BCUT2D eigenvalue weighted by molar-refractivity contribution is 5.79. The minimum atomic E-state index is -1.79. The Bertz CT molecular complexity index is 375. The van der Waals surface area contributed by atoms with Crippen molar-refractivity contribution in [3.63, 3.8) is 0 Å². The van der Waals surface area contributed by atoms with E-state index in [1.165, 1.54) is 17.5 Å². The van der Waals surface area contributed by atoms with Crippen molar-refractivity contribution in [3.05, 3.63) is 35.4 Å². The zero-order chi connectivity index (χ0) is 14.1. The summed E-state index contributed by atoms with van der Waals surface area (Å²) in [5.41, 5.74) is 2.97. The second kappa shape index (κ2) is 8.25. The van der Waals surface area contributed by atoms with E-state index >= 15 is 0 Å². The molecule has 0 saturated carbocycles. The molecule has 1 aromatic carbocycles. The number of hydrogen-bond donors (Lipinski definition) is 3. The molecular weight excluding hydrogens is 236 g/mol. The molecule has 5 nitrogen and oxygen atoms in total. The smallest absolute Gasteiger partial charge is 0.333 e. The molecule has 0 saturated heterocycles. The quantitative estimate of drug-likeness (QED) is 0.772. The molecule has 0 radical (unpaired) electrons. The predicted molar refractivity (Wildman–Crippen MR) is 66.5 cm³/mol. The number of rotatable bonds is 3. The molecule has 0 spiro atoms. The Morgan fingerprint density at radius 1 is 1.22 bits per heavy atom. The van der Waals surface area contributed by atoms with Crippen LogP contribution in [0.25, 0.3) is 0 Å². The molecule has 1 aromatic rings. The fraction of sp³-hybridized carbons (Fsp3) is 0.385. The summed E-state index contributed by atoms with van der Waals surface area (Å²) in [6.07, 6.45) is -1.33. The van der Waals surface area contributed by atoms with E-state index in [9.17, 15) is 9.59 Å². The number of aliphatic carboxylic acids is 2. The van der Waals surface area contributed by atoms with Gasteiger partial charge in [-0.05, 0) is 17.5 Å². The van der Waals surface area contributed by atoms with Gasteiger partial charge < -0.3 is 15.3 Å². The largest absolute Gasteiger partial charge is 0.481 e. The maximum atomic E-state index is 9.72. The van der Waals surface area contributed by atoms with Crippen LogP contribution in [-0.2, 0) is 16.0 Å². The van der Waals surface area contributed by atoms with E-state index in [1.54, 1.807) is 0 Å². The first-order chi connectivity index (χ1) is 8.49. The summed E-state index contributed by atoms with van der Waals surface area (Å²) in [4.78, 5) is 19.4. The molecule has 2 aliphatic carbocycles. The Morgan fingerprint density at radius 2 is 1.67 bits per heavy atom. The van der Waals surface area contributed by atoms with E-state index in [-0.39, 0.29) is 0 Å². The highest BCUT2D eigenvalue weighted by atomic mass is 16.4. The zero-order valence-electron chi connectivity index (χ0n) is 10.5. The molecule has 5 heteroatoms. The van der Waals surface area contributed by atoms with E-state index in [4.69, 9.17) is 15.3 Å². The number of fused-ring (bicyclic) bond motifs is 2. The van der Waals surface area contributed by atoms with Crippen molar-refractivity contribution in [3.8, 4) is 0 Å². The minimum Gasteiger partial charge on any atom is -0.481 e. The van der Waals surface area contributed by atoms with Gasteiger partial charge in [0.2, 0.25) is 0 Å². The van der Waals surface area contributed by atoms with E-state index in [2.05, 4.69) is 24.3 Å². The van der Waals surface area contributed by atoms with Crippen LogP contribution in [0.5, 0.6) is 0 Å². The predicted octanol–water partition coefficient (Wildman–Crippen LogP) is 1.52. The van der Waals surface area contributed by atoms with Gasteiger partial charge in [0.05, 0.1) is 6.42 Å². The minimum absolute atomic E-state index is 0.755. The zero-order valence-corrected chi connectivity index (χ0v) is 10.5. The Hall–Kier alpha value is -1.88. The lowest BCUT2D eigenvalue weighted by atomic mass is 9.94. The summed E-state index contributed by atoms with van der Waals surface area (Å²) in [6.45, 7) is 4.00. The van der Waals surface area contributed by atoms with Gasteiger partial charge in [-0.15, -0.1) is 0 Å². The lowest BCUT2D eigenvalue weighted by Gasteiger charge is -2.11. The third kappa shape index (κ3) is 6.00. The number of benzene rings is 1. The fourth-order valence-electron chi connectivity index (χ4n) is 1.21. The van der Waals surface area contributed by atoms with Crippen LogP contribution in [0, 0.1) is 0 Å². The van der Waals surface area contributed by atoms with Gasteiger partial charge in [-0.3, -0.25) is 4.79 Å². The maximum absolute atomic E-state index is 9.72. The number of carboxylic acid groups (broad SMARTS) is 2. The van der Waals surface area contributed by atoms with Crippen molar-refractivity contribution in [1.29, 1.82) is 0 Å². The Balaban J connectivity index is 0.000000285. The summed E-state index contributed by atoms with van der Waals surface area (Å²) < 4.78 is 0. The van der Waals surface area contributed by atoms with Crippen molar-refractivity contribution in [2.45, 2.75) is 32.8 Å². The van der Waals surface area contributed by atoms with Gasteiger partial charge in [0, 0.05) is 0 Å². The van der Waals surface area contributed by atoms with Crippen molar-refractivity contribution >= 4 is 11.9 Å². The number of aliphatic hydroxyl groups excluding tert-OH is 1. The Morgan fingerprint density at radius 3 is 1.78 bits per heavy atom. The Labute approximate surface area is 106 Å². The highest BCUT2D eigenvalue weighted by Gasteiger charge is 2.16. The average Bonchev–Trinajstić information content (AvgIpc) is 2.31. The summed E-state index contributed by atoms with van der Waals surface area (Å²) >= 11 is 0. The first-order valence-corrected chi connectivity index (χ1v) is 5.69. The maximum Gasteiger partial charge on any atom is 0.333 e. The average molecular weight is 254 g/mol. The van der Waals surface area contributed by atoms with E-state index in [1.807, 2.05) is 13.8 Å². The molecule has 0 heterocycles. The van der Waals surface area contributed by atoms with Gasteiger partial charge in [-0.2, -0.15) is 0 Å². The van der Waals surface area contributed by atoms with Gasteiger partial charge in [0.25, 0.3) is 0 Å². The van der Waals surface area contributed by atoms with Crippen molar-refractivity contribution in [2.24, 2.45) is 0 Å². The summed E-state index contributed by atoms with van der Waals surface area (Å²) in [7, 11) is 0. The lowest BCUT2D eigenvalue weighted by molar-refractivity contribution is -0.152. The van der Waals surface area contributed by atoms with Gasteiger partial charge >= 0.3 is 11.9 Å². The van der Waals surface area contributed by atoms with Crippen LogP contribution >= 0.6 is 0 Å². The first kappa shape index (κ1) is 16.1. The van der Waals surface area contributed by atoms with Crippen LogP contribution in [0.2, 0.25) is 0 Å². The Kier molecular flexibility index (Phi) is 7.38. The summed E-state index contributed by atoms with van der Waals surface area (Å²) in [5, 5.41) is 24.1. The number of carbonyl (C=O) groups is 2. The third-order valence-electron chi connectivity index (χ3n) is 2.05.